The highest BCUT2D eigenvalue weighted by molar-refractivity contribution is 6.34. The fourth-order valence-electron chi connectivity index (χ4n) is 1.35. The van der Waals surface area contributed by atoms with Crippen LogP contribution in [0.1, 0.15) is 10.4 Å². The molecule has 0 unspecified atom stereocenters. The fraction of sp³-hybridized carbons (Fsp3) is 0. The summed E-state index contributed by atoms with van der Waals surface area (Å²) in [6.45, 7) is 0. The molecule has 2 aromatic rings. The lowest BCUT2D eigenvalue weighted by Gasteiger charge is -2.06. The van der Waals surface area contributed by atoms with E-state index in [1.807, 2.05) is 0 Å². The largest absolute Gasteiger partial charge is 0.399 e. The zero-order valence-electron chi connectivity index (χ0n) is 9.67. The van der Waals surface area contributed by atoms with Crippen LogP contribution in [0, 0.1) is 0 Å². The molecule has 0 atom stereocenters. The van der Waals surface area contributed by atoms with Gasteiger partial charge in [-0.25, -0.2) is 0 Å². The summed E-state index contributed by atoms with van der Waals surface area (Å²) >= 11 is 5.93. The number of pyridine rings is 1. The highest BCUT2D eigenvalue weighted by Crippen LogP contribution is 2.20. The average Bonchev–Trinajstić information content (AvgIpc) is 2.33. The number of carbonyl (C=O) groups excluding carboxylic acids is 1. The number of amides is 1. The van der Waals surface area contributed by atoms with Gasteiger partial charge in [0.15, 0.2) is 0 Å². The molecule has 1 heterocycles. The summed E-state index contributed by atoms with van der Waals surface area (Å²) in [5, 5.41) is 3.05. The van der Waals surface area contributed by atoms with Crippen LogP contribution >= 0.6 is 36.4 Å². The minimum absolute atomic E-state index is 0. The van der Waals surface area contributed by atoms with Gasteiger partial charge in [0.1, 0.15) is 0 Å². The molecule has 0 radical (unpaired) electrons. The summed E-state index contributed by atoms with van der Waals surface area (Å²) in [6.07, 6.45) is 3.18. The summed E-state index contributed by atoms with van der Waals surface area (Å²) in [7, 11) is 0. The lowest BCUT2D eigenvalue weighted by atomic mass is 10.2. The Kier molecular flexibility index (Phi) is 7.22. The molecule has 19 heavy (non-hydrogen) atoms. The molecule has 0 spiro atoms. The van der Waals surface area contributed by atoms with Crippen LogP contribution in [0.2, 0.25) is 5.02 Å². The SMILES string of the molecule is Cl.Cl.Nc1ccc(Cl)c(C(=O)Nc2cccnc2)c1. The van der Waals surface area contributed by atoms with Crippen molar-refractivity contribution in [1.82, 2.24) is 4.98 Å². The van der Waals surface area contributed by atoms with Gasteiger partial charge in [0.25, 0.3) is 5.91 Å². The maximum atomic E-state index is 11.9. The molecule has 1 amide bonds. The molecule has 0 aliphatic heterocycles. The Balaban J connectivity index is 0.00000162. The van der Waals surface area contributed by atoms with Gasteiger partial charge in [-0.2, -0.15) is 0 Å². The molecule has 0 saturated carbocycles. The van der Waals surface area contributed by atoms with Crippen molar-refractivity contribution in [1.29, 1.82) is 0 Å². The number of nitrogens with zero attached hydrogens (tertiary/aromatic N) is 1. The van der Waals surface area contributed by atoms with Gasteiger partial charge in [0, 0.05) is 11.9 Å². The van der Waals surface area contributed by atoms with Gasteiger partial charge in [-0.3, -0.25) is 9.78 Å². The van der Waals surface area contributed by atoms with Crippen LogP contribution in [0.5, 0.6) is 0 Å². The molecule has 2 rings (SSSR count). The number of anilines is 2. The van der Waals surface area contributed by atoms with Gasteiger partial charge in [0.2, 0.25) is 0 Å². The maximum absolute atomic E-state index is 11.9. The summed E-state index contributed by atoms with van der Waals surface area (Å²) in [4.78, 5) is 15.8. The minimum atomic E-state index is -0.310. The number of hydrogen-bond donors (Lipinski definition) is 2. The zero-order chi connectivity index (χ0) is 12.3. The highest BCUT2D eigenvalue weighted by atomic mass is 35.5. The molecule has 102 valence electrons. The number of aromatic nitrogens is 1. The Morgan fingerprint density at radius 2 is 2.00 bits per heavy atom. The van der Waals surface area contributed by atoms with Gasteiger partial charge in [-0.05, 0) is 30.3 Å². The molecule has 0 fully saturated rings. The second kappa shape index (κ2) is 7.84. The lowest BCUT2D eigenvalue weighted by Crippen LogP contribution is -2.12. The van der Waals surface area contributed by atoms with E-state index in [2.05, 4.69) is 10.3 Å². The van der Waals surface area contributed by atoms with Gasteiger partial charge < -0.3 is 11.1 Å². The van der Waals surface area contributed by atoms with Crippen LogP contribution in [0.25, 0.3) is 0 Å². The van der Waals surface area contributed by atoms with E-state index in [9.17, 15) is 4.79 Å². The predicted molar refractivity (Wildman–Crippen MR) is 82.6 cm³/mol. The molecule has 7 heteroatoms. The Morgan fingerprint density at radius 3 is 2.63 bits per heavy atom. The van der Waals surface area contributed by atoms with E-state index < -0.39 is 0 Å². The number of halogens is 3. The average molecular weight is 321 g/mol. The summed E-state index contributed by atoms with van der Waals surface area (Å²) in [6, 6.07) is 8.24. The Labute approximate surface area is 128 Å². The molecule has 0 saturated heterocycles. The first kappa shape index (κ1) is 17.5. The maximum Gasteiger partial charge on any atom is 0.257 e. The van der Waals surface area contributed by atoms with Crippen LogP contribution in [0.3, 0.4) is 0 Å². The van der Waals surface area contributed by atoms with E-state index in [0.717, 1.165) is 0 Å². The van der Waals surface area contributed by atoms with Crippen LogP contribution in [0.15, 0.2) is 42.7 Å². The number of hydrogen-bond acceptors (Lipinski definition) is 3. The number of rotatable bonds is 2. The number of nitrogens with two attached hydrogens (primary N) is 1. The van der Waals surface area contributed by atoms with Crippen molar-refractivity contribution in [2.24, 2.45) is 0 Å². The Bertz CT molecular complexity index is 549. The smallest absolute Gasteiger partial charge is 0.257 e. The molecular weight excluding hydrogens is 309 g/mol. The topological polar surface area (TPSA) is 68.0 Å². The van der Waals surface area contributed by atoms with Crippen molar-refractivity contribution in [2.75, 3.05) is 11.1 Å². The third kappa shape index (κ3) is 4.59. The van der Waals surface area contributed by atoms with Crippen LogP contribution in [-0.4, -0.2) is 10.9 Å². The first-order chi connectivity index (χ1) is 8.16. The third-order valence-corrected chi connectivity index (χ3v) is 2.48. The van der Waals surface area contributed by atoms with E-state index in [-0.39, 0.29) is 30.7 Å². The minimum Gasteiger partial charge on any atom is -0.399 e. The first-order valence-corrected chi connectivity index (χ1v) is 5.31. The summed E-state index contributed by atoms with van der Waals surface area (Å²) in [5.41, 5.74) is 7.05. The summed E-state index contributed by atoms with van der Waals surface area (Å²) in [5.74, 6) is -0.310. The van der Waals surface area contributed by atoms with Crippen LogP contribution in [-0.2, 0) is 0 Å². The quantitative estimate of drug-likeness (QED) is 0.833. The monoisotopic (exact) mass is 319 g/mol. The third-order valence-electron chi connectivity index (χ3n) is 2.15. The van der Waals surface area contributed by atoms with Gasteiger partial charge in [-0.1, -0.05) is 11.6 Å². The number of nitrogens with one attached hydrogen (secondary N) is 1. The van der Waals surface area contributed by atoms with E-state index in [1.54, 1.807) is 36.7 Å². The van der Waals surface area contributed by atoms with E-state index in [1.165, 1.54) is 6.07 Å². The number of carbonyl (C=O) groups is 1. The van der Waals surface area contributed by atoms with Crippen molar-refractivity contribution in [3.8, 4) is 0 Å². The highest BCUT2D eigenvalue weighted by Gasteiger charge is 2.10. The van der Waals surface area contributed by atoms with Crippen LogP contribution in [0.4, 0.5) is 11.4 Å². The van der Waals surface area contributed by atoms with Gasteiger partial charge in [0.05, 0.1) is 22.5 Å². The van der Waals surface area contributed by atoms with Gasteiger partial charge in [-0.15, -0.1) is 24.8 Å². The van der Waals surface area contributed by atoms with Gasteiger partial charge >= 0.3 is 0 Å². The predicted octanol–water partition coefficient (Wildman–Crippen LogP) is 3.41. The van der Waals surface area contributed by atoms with E-state index >= 15 is 0 Å². The zero-order valence-corrected chi connectivity index (χ0v) is 12.1. The fourth-order valence-corrected chi connectivity index (χ4v) is 1.56. The number of nitrogen functional groups attached to an aromatic ring is 1. The Morgan fingerprint density at radius 1 is 1.26 bits per heavy atom. The molecule has 3 N–H and O–H groups in total. The van der Waals surface area contributed by atoms with Crippen LogP contribution < -0.4 is 11.1 Å². The lowest BCUT2D eigenvalue weighted by molar-refractivity contribution is 0.102. The summed E-state index contributed by atoms with van der Waals surface area (Å²) < 4.78 is 0. The van der Waals surface area contributed by atoms with Crippen molar-refractivity contribution >= 4 is 53.7 Å². The van der Waals surface area contributed by atoms with Crippen molar-refractivity contribution < 1.29 is 4.79 Å². The molecule has 0 aliphatic carbocycles. The second-order valence-corrected chi connectivity index (χ2v) is 3.84. The molecule has 1 aromatic carbocycles. The molecule has 0 aliphatic rings. The first-order valence-electron chi connectivity index (χ1n) is 4.93. The Hall–Kier alpha value is -1.49. The van der Waals surface area contributed by atoms with Crippen molar-refractivity contribution in [3.05, 3.63) is 53.3 Å². The molecular formula is C12H12Cl3N3O. The molecule has 4 nitrogen and oxygen atoms in total. The molecule has 0 bridgehead atoms. The molecule has 1 aromatic heterocycles. The van der Waals surface area contributed by atoms with E-state index in [4.69, 9.17) is 17.3 Å². The second-order valence-electron chi connectivity index (χ2n) is 3.44. The standard InChI is InChI=1S/C12H10ClN3O.2ClH/c13-11-4-3-8(14)6-10(11)12(17)16-9-2-1-5-15-7-9;;/h1-7H,14H2,(H,16,17);2*1H. The van der Waals surface area contributed by atoms with E-state index in [0.29, 0.717) is 22.0 Å². The number of benzene rings is 1. The van der Waals surface area contributed by atoms with Crippen molar-refractivity contribution in [3.63, 3.8) is 0 Å². The van der Waals surface area contributed by atoms with Crippen molar-refractivity contribution in [2.45, 2.75) is 0 Å². The normalized spacial score (nSPS) is 8.89.